The number of nitrogens with zero attached hydrogens (tertiary/aromatic N) is 4. The van der Waals surface area contributed by atoms with Crippen molar-refractivity contribution in [3.8, 4) is 0 Å². The van der Waals surface area contributed by atoms with Gasteiger partial charge in [0.2, 0.25) is 5.89 Å². The first-order valence-corrected chi connectivity index (χ1v) is 8.80. The molecule has 0 bridgehead atoms. The Balaban J connectivity index is 1.28. The lowest BCUT2D eigenvalue weighted by Gasteiger charge is -2.31. The fraction of sp³-hybridized carbons (Fsp3) is 0.588. The van der Waals surface area contributed by atoms with Crippen LogP contribution in [0.2, 0.25) is 0 Å². The molecule has 1 saturated heterocycles. The summed E-state index contributed by atoms with van der Waals surface area (Å²) in [7, 11) is 0. The van der Waals surface area contributed by atoms with Crippen molar-refractivity contribution in [2.45, 2.75) is 50.4 Å². The number of rotatable bonds is 5. The van der Waals surface area contributed by atoms with Gasteiger partial charge in [0.1, 0.15) is 23.6 Å². The summed E-state index contributed by atoms with van der Waals surface area (Å²) in [5, 5.41) is 3.09. The maximum Gasteiger partial charge on any atom is 0.433 e. The molecule has 2 aromatic heterocycles. The Bertz CT molecular complexity index is 751. The van der Waals surface area contributed by atoms with Crippen LogP contribution in [0.3, 0.4) is 0 Å². The molecular formula is C17H20F3N5O. The number of halogens is 3. The quantitative estimate of drug-likeness (QED) is 0.873. The number of alkyl halides is 3. The van der Waals surface area contributed by atoms with E-state index in [4.69, 9.17) is 4.42 Å². The van der Waals surface area contributed by atoms with E-state index in [9.17, 15) is 13.2 Å². The molecule has 6 nitrogen and oxygen atoms in total. The van der Waals surface area contributed by atoms with E-state index in [0.717, 1.165) is 50.0 Å². The number of piperidine rings is 1. The first kappa shape index (κ1) is 17.3. The molecule has 1 aliphatic heterocycles. The molecule has 4 rings (SSSR count). The van der Waals surface area contributed by atoms with E-state index in [1.54, 1.807) is 0 Å². The molecule has 0 atom stereocenters. The van der Waals surface area contributed by atoms with Crippen molar-refractivity contribution in [2.75, 3.05) is 18.4 Å². The Morgan fingerprint density at radius 1 is 1.12 bits per heavy atom. The van der Waals surface area contributed by atoms with E-state index in [2.05, 4.69) is 25.2 Å². The molecule has 0 aromatic carbocycles. The molecule has 2 aromatic rings. The van der Waals surface area contributed by atoms with Gasteiger partial charge in [-0.15, -0.1) is 0 Å². The Kier molecular flexibility index (Phi) is 4.56. The van der Waals surface area contributed by atoms with Gasteiger partial charge < -0.3 is 9.73 Å². The minimum Gasteiger partial charge on any atom is -0.444 e. The lowest BCUT2D eigenvalue weighted by Crippen LogP contribution is -2.38. The van der Waals surface area contributed by atoms with Crippen molar-refractivity contribution in [1.82, 2.24) is 19.9 Å². The van der Waals surface area contributed by atoms with E-state index in [-0.39, 0.29) is 11.9 Å². The van der Waals surface area contributed by atoms with Gasteiger partial charge in [-0.3, -0.25) is 4.90 Å². The maximum atomic E-state index is 12.7. The Hall–Kier alpha value is -2.16. The molecule has 2 aliphatic rings. The van der Waals surface area contributed by atoms with E-state index < -0.39 is 11.9 Å². The van der Waals surface area contributed by atoms with E-state index in [0.29, 0.717) is 12.5 Å². The second-order valence-electron chi connectivity index (χ2n) is 6.91. The minimum atomic E-state index is -4.46. The minimum absolute atomic E-state index is 0.0915. The fourth-order valence-corrected chi connectivity index (χ4v) is 3.18. The highest BCUT2D eigenvalue weighted by Gasteiger charge is 2.33. The summed E-state index contributed by atoms with van der Waals surface area (Å²) in [6, 6.07) is 1.05. The van der Waals surface area contributed by atoms with Gasteiger partial charge in [0.25, 0.3) is 0 Å². The highest BCUT2D eigenvalue weighted by Crippen LogP contribution is 2.40. The summed E-state index contributed by atoms with van der Waals surface area (Å²) in [6.07, 6.45) is 2.33. The first-order chi connectivity index (χ1) is 12.5. The summed E-state index contributed by atoms with van der Waals surface area (Å²) in [6.45, 7) is 2.33. The molecule has 0 unspecified atom stereocenters. The van der Waals surface area contributed by atoms with Gasteiger partial charge >= 0.3 is 6.18 Å². The molecule has 1 aliphatic carbocycles. The van der Waals surface area contributed by atoms with E-state index >= 15 is 0 Å². The summed E-state index contributed by atoms with van der Waals surface area (Å²) < 4.78 is 43.9. The second-order valence-corrected chi connectivity index (χ2v) is 6.91. The van der Waals surface area contributed by atoms with Gasteiger partial charge in [0, 0.05) is 31.1 Å². The Morgan fingerprint density at radius 3 is 2.58 bits per heavy atom. The van der Waals surface area contributed by atoms with E-state index in [1.807, 2.05) is 6.20 Å². The number of aromatic nitrogens is 3. The lowest BCUT2D eigenvalue weighted by molar-refractivity contribution is -0.141. The van der Waals surface area contributed by atoms with Crippen molar-refractivity contribution in [3.05, 3.63) is 35.9 Å². The number of likely N-dealkylation sites (tertiary alicyclic amines) is 1. The third-order valence-electron chi connectivity index (χ3n) is 4.81. The number of oxazole rings is 1. The standard InChI is InChI=1S/C17H20F3N5O/c18-17(19,20)14-7-15(23-10-22-14)24-12-3-5-25(6-4-12)9-16-21-8-13(26-16)11-1-2-11/h7-8,10-12H,1-6,9H2,(H,22,23,24). The summed E-state index contributed by atoms with van der Waals surface area (Å²) >= 11 is 0. The van der Waals surface area contributed by atoms with Crippen molar-refractivity contribution in [2.24, 2.45) is 0 Å². The summed E-state index contributed by atoms with van der Waals surface area (Å²) in [5.74, 6) is 2.50. The van der Waals surface area contributed by atoms with Crippen LogP contribution in [0.15, 0.2) is 23.0 Å². The van der Waals surface area contributed by atoms with Crippen LogP contribution in [0.25, 0.3) is 0 Å². The zero-order valence-corrected chi connectivity index (χ0v) is 14.2. The van der Waals surface area contributed by atoms with Gasteiger partial charge in [0.15, 0.2) is 0 Å². The van der Waals surface area contributed by atoms with E-state index in [1.165, 1.54) is 12.8 Å². The molecule has 140 valence electrons. The van der Waals surface area contributed by atoms with Crippen LogP contribution < -0.4 is 5.32 Å². The molecular weight excluding hydrogens is 347 g/mol. The third kappa shape index (κ3) is 4.14. The molecule has 0 spiro atoms. The predicted octanol–water partition coefficient (Wildman–Crippen LogP) is 3.44. The maximum absolute atomic E-state index is 12.7. The predicted molar refractivity (Wildman–Crippen MR) is 87.4 cm³/mol. The Morgan fingerprint density at radius 2 is 1.88 bits per heavy atom. The number of hydrogen-bond acceptors (Lipinski definition) is 6. The zero-order valence-electron chi connectivity index (χ0n) is 14.2. The zero-order chi connectivity index (χ0) is 18.1. The first-order valence-electron chi connectivity index (χ1n) is 8.80. The monoisotopic (exact) mass is 367 g/mol. The van der Waals surface area contributed by atoms with Gasteiger partial charge in [-0.05, 0) is 25.7 Å². The molecule has 3 heterocycles. The van der Waals surface area contributed by atoms with Crippen LogP contribution in [0.4, 0.5) is 19.0 Å². The number of anilines is 1. The normalized spacial score (nSPS) is 19.7. The van der Waals surface area contributed by atoms with Gasteiger partial charge in [-0.1, -0.05) is 0 Å². The van der Waals surface area contributed by atoms with Crippen molar-refractivity contribution < 1.29 is 17.6 Å². The van der Waals surface area contributed by atoms with Gasteiger partial charge in [-0.25, -0.2) is 15.0 Å². The van der Waals surface area contributed by atoms with Crippen LogP contribution >= 0.6 is 0 Å². The smallest absolute Gasteiger partial charge is 0.433 e. The van der Waals surface area contributed by atoms with Crippen molar-refractivity contribution >= 4 is 5.82 Å². The number of nitrogens with one attached hydrogen (secondary N) is 1. The summed E-state index contributed by atoms with van der Waals surface area (Å²) in [5.41, 5.74) is -0.928. The molecule has 1 N–H and O–H groups in total. The topological polar surface area (TPSA) is 67.1 Å². The Labute approximate surface area is 148 Å². The van der Waals surface area contributed by atoms with Crippen LogP contribution in [0, 0.1) is 0 Å². The second kappa shape index (κ2) is 6.86. The van der Waals surface area contributed by atoms with Crippen LogP contribution in [-0.2, 0) is 12.7 Å². The average molecular weight is 367 g/mol. The van der Waals surface area contributed by atoms with Gasteiger partial charge in [0.05, 0.1) is 12.7 Å². The third-order valence-corrected chi connectivity index (χ3v) is 4.81. The van der Waals surface area contributed by atoms with Crippen LogP contribution in [-0.4, -0.2) is 39.0 Å². The van der Waals surface area contributed by atoms with Gasteiger partial charge in [-0.2, -0.15) is 13.2 Å². The SMILES string of the molecule is FC(F)(F)c1cc(NC2CCN(Cc3ncc(C4CC4)o3)CC2)ncn1. The average Bonchev–Trinajstić information content (AvgIpc) is 3.36. The van der Waals surface area contributed by atoms with Crippen molar-refractivity contribution in [1.29, 1.82) is 0 Å². The largest absolute Gasteiger partial charge is 0.444 e. The molecule has 1 saturated carbocycles. The number of hydrogen-bond donors (Lipinski definition) is 1. The highest BCUT2D eigenvalue weighted by molar-refractivity contribution is 5.36. The lowest BCUT2D eigenvalue weighted by atomic mass is 10.1. The molecule has 0 amide bonds. The summed E-state index contributed by atoms with van der Waals surface area (Å²) in [4.78, 5) is 13.8. The van der Waals surface area contributed by atoms with Crippen molar-refractivity contribution in [3.63, 3.8) is 0 Å². The molecule has 0 radical (unpaired) electrons. The highest BCUT2D eigenvalue weighted by atomic mass is 19.4. The molecule has 9 heteroatoms. The fourth-order valence-electron chi connectivity index (χ4n) is 3.18. The molecule has 2 fully saturated rings. The molecule has 26 heavy (non-hydrogen) atoms. The van der Waals surface area contributed by atoms with Crippen LogP contribution in [0.5, 0.6) is 0 Å². The van der Waals surface area contributed by atoms with Crippen LogP contribution in [0.1, 0.15) is 48.9 Å².